The maximum absolute atomic E-state index is 5.84. The van der Waals surface area contributed by atoms with Crippen LogP contribution in [0.25, 0.3) is 11.2 Å². The molecule has 0 fully saturated rings. The van der Waals surface area contributed by atoms with E-state index in [0.717, 1.165) is 5.56 Å². The number of rotatable bonds is 3. The number of nitrogens with zero attached hydrogens (tertiary/aromatic N) is 3. The van der Waals surface area contributed by atoms with Gasteiger partial charge in [-0.25, -0.2) is 9.97 Å². The van der Waals surface area contributed by atoms with Crippen LogP contribution < -0.4 is 5.32 Å². The van der Waals surface area contributed by atoms with Gasteiger partial charge < -0.3 is 10.3 Å². The van der Waals surface area contributed by atoms with Crippen molar-refractivity contribution in [3.8, 4) is 0 Å². The highest BCUT2D eigenvalue weighted by Crippen LogP contribution is 2.19. The van der Waals surface area contributed by atoms with Crippen molar-refractivity contribution in [3.63, 3.8) is 0 Å². The van der Waals surface area contributed by atoms with Crippen molar-refractivity contribution in [1.82, 2.24) is 19.9 Å². The van der Waals surface area contributed by atoms with Crippen molar-refractivity contribution in [1.29, 1.82) is 0 Å². The van der Waals surface area contributed by atoms with Crippen LogP contribution in [0.15, 0.2) is 30.6 Å². The number of aromatic amines is 1. The third-order valence-corrected chi connectivity index (χ3v) is 3.06. The number of hydrogen-bond acceptors (Lipinski definition) is 4. The van der Waals surface area contributed by atoms with Crippen LogP contribution in [0.4, 0.5) is 5.82 Å². The summed E-state index contributed by atoms with van der Waals surface area (Å²) in [5, 5.41) is 4.23. The molecule has 0 spiro atoms. The maximum atomic E-state index is 5.84. The number of benzene rings is 1. The molecule has 0 atom stereocenters. The number of nitrogens with one attached hydrogen (secondary N) is 2. The number of aromatic nitrogens is 4. The van der Waals surface area contributed by atoms with E-state index in [2.05, 4.69) is 25.3 Å². The summed E-state index contributed by atoms with van der Waals surface area (Å²) in [6.45, 7) is 0.625. The van der Waals surface area contributed by atoms with Crippen LogP contribution in [0.1, 0.15) is 5.56 Å². The molecule has 0 bridgehead atoms. The first-order valence-corrected chi connectivity index (χ1v) is 6.32. The van der Waals surface area contributed by atoms with E-state index in [1.807, 2.05) is 24.3 Å². The van der Waals surface area contributed by atoms with Crippen molar-refractivity contribution in [2.75, 3.05) is 5.32 Å². The Morgan fingerprint density at radius 2 is 1.89 bits per heavy atom. The Kier molecular flexibility index (Phi) is 3.23. The summed E-state index contributed by atoms with van der Waals surface area (Å²) >= 11 is 11.7. The van der Waals surface area contributed by atoms with Gasteiger partial charge in [0.05, 0.1) is 0 Å². The lowest BCUT2D eigenvalue weighted by atomic mass is 10.2. The predicted octanol–water partition coefficient (Wildman–Crippen LogP) is 3.27. The van der Waals surface area contributed by atoms with Crippen LogP contribution in [0, 0.1) is 0 Å². The summed E-state index contributed by atoms with van der Waals surface area (Å²) in [6.07, 6.45) is 1.45. The first-order valence-electron chi connectivity index (χ1n) is 5.57. The SMILES string of the molecule is Clc1ccc(CNc2ncnc3nc(Cl)[nH]c23)cc1. The first kappa shape index (κ1) is 12.2. The molecule has 0 aliphatic rings. The number of halogens is 2. The van der Waals surface area contributed by atoms with E-state index in [-0.39, 0.29) is 0 Å². The fourth-order valence-electron chi connectivity index (χ4n) is 1.72. The van der Waals surface area contributed by atoms with E-state index >= 15 is 0 Å². The molecule has 19 heavy (non-hydrogen) atoms. The molecule has 3 rings (SSSR count). The molecule has 3 aromatic rings. The average molecular weight is 294 g/mol. The van der Waals surface area contributed by atoms with E-state index in [4.69, 9.17) is 23.2 Å². The second-order valence-corrected chi connectivity index (χ2v) is 4.72. The molecule has 0 radical (unpaired) electrons. The van der Waals surface area contributed by atoms with Crippen molar-refractivity contribution in [2.45, 2.75) is 6.54 Å². The third-order valence-electron chi connectivity index (χ3n) is 2.63. The molecule has 0 unspecified atom stereocenters. The van der Waals surface area contributed by atoms with Gasteiger partial charge in [-0.1, -0.05) is 23.7 Å². The zero-order valence-corrected chi connectivity index (χ0v) is 11.2. The topological polar surface area (TPSA) is 66.5 Å². The molecular formula is C12H9Cl2N5. The second kappa shape index (κ2) is 5.03. The molecule has 2 aromatic heterocycles. The number of fused-ring (bicyclic) bond motifs is 1. The number of H-pyrrole nitrogens is 1. The monoisotopic (exact) mass is 293 g/mol. The summed E-state index contributed by atoms with van der Waals surface area (Å²) in [5.74, 6) is 0.666. The minimum absolute atomic E-state index is 0.296. The van der Waals surface area contributed by atoms with Crippen molar-refractivity contribution in [3.05, 3.63) is 46.5 Å². The summed E-state index contributed by atoms with van der Waals surface area (Å²) in [5.41, 5.74) is 2.34. The summed E-state index contributed by atoms with van der Waals surface area (Å²) in [6, 6.07) is 7.60. The van der Waals surface area contributed by atoms with Gasteiger partial charge in [-0.05, 0) is 29.3 Å². The molecule has 5 nitrogen and oxygen atoms in total. The largest absolute Gasteiger partial charge is 0.364 e. The van der Waals surface area contributed by atoms with Crippen LogP contribution >= 0.6 is 23.2 Å². The van der Waals surface area contributed by atoms with E-state index in [0.29, 0.717) is 33.8 Å². The quantitative estimate of drug-likeness (QED) is 0.727. The van der Waals surface area contributed by atoms with Gasteiger partial charge in [0.15, 0.2) is 11.5 Å². The molecule has 0 saturated heterocycles. The number of anilines is 1. The Balaban J connectivity index is 1.83. The van der Waals surface area contributed by atoms with Gasteiger partial charge in [0.25, 0.3) is 0 Å². The van der Waals surface area contributed by atoms with Gasteiger partial charge in [0, 0.05) is 11.6 Å². The Bertz CT molecular complexity index is 708. The first-order chi connectivity index (χ1) is 9.22. The smallest absolute Gasteiger partial charge is 0.202 e. The Labute approximate surface area is 119 Å². The number of imidazole rings is 1. The Morgan fingerprint density at radius 1 is 1.11 bits per heavy atom. The standard InChI is InChI=1S/C12H9Cl2N5/c13-8-3-1-7(2-4-8)5-15-10-9-11(17-6-16-10)19-12(14)18-9/h1-4,6H,5H2,(H2,15,16,17,18,19). The zero-order valence-electron chi connectivity index (χ0n) is 9.69. The molecule has 0 amide bonds. The Hall–Kier alpha value is -1.85. The van der Waals surface area contributed by atoms with Gasteiger partial charge in [0.2, 0.25) is 5.28 Å². The Morgan fingerprint density at radius 3 is 2.68 bits per heavy atom. The van der Waals surface area contributed by atoms with Gasteiger partial charge in [0.1, 0.15) is 11.8 Å². The highest BCUT2D eigenvalue weighted by Gasteiger charge is 2.07. The molecule has 96 valence electrons. The molecular weight excluding hydrogens is 285 g/mol. The van der Waals surface area contributed by atoms with Crippen LogP contribution in [0.2, 0.25) is 10.3 Å². The van der Waals surface area contributed by atoms with E-state index in [9.17, 15) is 0 Å². The van der Waals surface area contributed by atoms with E-state index in [1.165, 1.54) is 6.33 Å². The number of hydrogen-bond donors (Lipinski definition) is 2. The predicted molar refractivity (Wildman–Crippen MR) is 75.5 cm³/mol. The minimum atomic E-state index is 0.296. The molecule has 2 heterocycles. The van der Waals surface area contributed by atoms with Crippen molar-refractivity contribution in [2.24, 2.45) is 0 Å². The second-order valence-electron chi connectivity index (χ2n) is 3.93. The van der Waals surface area contributed by atoms with E-state index < -0.39 is 0 Å². The average Bonchev–Trinajstić information content (AvgIpc) is 2.79. The summed E-state index contributed by atoms with van der Waals surface area (Å²) < 4.78 is 0. The van der Waals surface area contributed by atoms with Crippen molar-refractivity contribution >= 4 is 40.2 Å². The maximum Gasteiger partial charge on any atom is 0.202 e. The van der Waals surface area contributed by atoms with Crippen molar-refractivity contribution < 1.29 is 0 Å². The van der Waals surface area contributed by atoms with Crippen LogP contribution in [0.3, 0.4) is 0 Å². The van der Waals surface area contributed by atoms with Crippen LogP contribution in [-0.2, 0) is 6.54 Å². The van der Waals surface area contributed by atoms with Gasteiger partial charge >= 0.3 is 0 Å². The molecule has 0 aliphatic heterocycles. The molecule has 0 saturated carbocycles. The third kappa shape index (κ3) is 2.62. The van der Waals surface area contributed by atoms with E-state index in [1.54, 1.807) is 0 Å². The normalized spacial score (nSPS) is 10.8. The fraction of sp³-hybridized carbons (Fsp3) is 0.0833. The summed E-state index contributed by atoms with van der Waals surface area (Å²) in [7, 11) is 0. The van der Waals surface area contributed by atoms with Crippen LogP contribution in [-0.4, -0.2) is 19.9 Å². The lowest BCUT2D eigenvalue weighted by Gasteiger charge is -2.05. The lowest BCUT2D eigenvalue weighted by Crippen LogP contribution is -2.02. The van der Waals surface area contributed by atoms with Gasteiger partial charge in [-0.3, -0.25) is 0 Å². The molecule has 1 aromatic carbocycles. The highest BCUT2D eigenvalue weighted by molar-refractivity contribution is 6.30. The minimum Gasteiger partial charge on any atom is -0.364 e. The fourth-order valence-corrected chi connectivity index (χ4v) is 2.02. The zero-order chi connectivity index (χ0) is 13.2. The van der Waals surface area contributed by atoms with Crippen LogP contribution in [0.5, 0.6) is 0 Å². The highest BCUT2D eigenvalue weighted by atomic mass is 35.5. The lowest BCUT2D eigenvalue weighted by molar-refractivity contribution is 1.10. The molecule has 0 aliphatic carbocycles. The van der Waals surface area contributed by atoms with Gasteiger partial charge in [-0.15, -0.1) is 0 Å². The van der Waals surface area contributed by atoms with Gasteiger partial charge in [-0.2, -0.15) is 4.98 Å². The summed E-state index contributed by atoms with van der Waals surface area (Å²) in [4.78, 5) is 15.2. The molecule has 2 N–H and O–H groups in total. The molecule has 7 heteroatoms.